The molecular weight excluding hydrogens is 240 g/mol. The van der Waals surface area contributed by atoms with Gasteiger partial charge in [0.2, 0.25) is 0 Å². The molecule has 0 bridgehead atoms. The predicted molar refractivity (Wildman–Crippen MR) is 68.9 cm³/mol. The molecule has 1 fully saturated rings. The molecule has 0 aromatic heterocycles. The molecule has 1 saturated heterocycles. The van der Waals surface area contributed by atoms with Crippen molar-refractivity contribution in [1.82, 2.24) is 10.2 Å². The fourth-order valence-corrected chi connectivity index (χ4v) is 3.29. The molecule has 0 aliphatic carbocycles. The lowest BCUT2D eigenvalue weighted by Gasteiger charge is -2.22. The Bertz CT molecular complexity index is 306. The van der Waals surface area contributed by atoms with Crippen LogP contribution in [0.1, 0.15) is 19.8 Å². The maximum Gasteiger partial charge on any atom is 0.151 e. The minimum absolute atomic E-state index is 0.224. The Morgan fingerprint density at radius 3 is 2.82 bits per heavy atom. The highest BCUT2D eigenvalue weighted by Crippen LogP contribution is 2.05. The van der Waals surface area contributed by atoms with Gasteiger partial charge in [-0.2, -0.15) is 0 Å². The van der Waals surface area contributed by atoms with Gasteiger partial charge in [0.25, 0.3) is 0 Å². The zero-order chi connectivity index (χ0) is 12.7. The van der Waals surface area contributed by atoms with E-state index in [1.807, 2.05) is 4.90 Å². The second-order valence-corrected chi connectivity index (χ2v) is 6.97. The SMILES string of the molecule is CCCNCC(O)CN1CCCS(=O)(=O)CC1. The summed E-state index contributed by atoms with van der Waals surface area (Å²) < 4.78 is 22.8. The van der Waals surface area contributed by atoms with E-state index in [9.17, 15) is 13.5 Å². The van der Waals surface area contributed by atoms with E-state index in [2.05, 4.69) is 12.2 Å². The van der Waals surface area contributed by atoms with Gasteiger partial charge in [-0.15, -0.1) is 0 Å². The zero-order valence-corrected chi connectivity index (χ0v) is 11.4. The van der Waals surface area contributed by atoms with Crippen molar-refractivity contribution in [3.05, 3.63) is 0 Å². The van der Waals surface area contributed by atoms with Gasteiger partial charge in [-0.25, -0.2) is 8.42 Å². The number of sulfone groups is 1. The van der Waals surface area contributed by atoms with E-state index < -0.39 is 15.9 Å². The Kier molecular flexibility index (Phi) is 6.40. The lowest BCUT2D eigenvalue weighted by Crippen LogP contribution is -2.39. The topological polar surface area (TPSA) is 69.6 Å². The van der Waals surface area contributed by atoms with Crippen LogP contribution in [0.25, 0.3) is 0 Å². The first-order valence-electron chi connectivity index (χ1n) is 6.35. The number of aliphatic hydroxyl groups is 1. The first-order chi connectivity index (χ1) is 8.03. The van der Waals surface area contributed by atoms with Gasteiger partial charge >= 0.3 is 0 Å². The molecule has 0 spiro atoms. The van der Waals surface area contributed by atoms with Crippen LogP contribution >= 0.6 is 0 Å². The third-order valence-corrected chi connectivity index (χ3v) is 4.64. The van der Waals surface area contributed by atoms with Crippen molar-refractivity contribution in [1.29, 1.82) is 0 Å². The largest absolute Gasteiger partial charge is 0.390 e. The normalized spacial score (nSPS) is 23.2. The molecule has 0 radical (unpaired) electrons. The van der Waals surface area contributed by atoms with E-state index in [4.69, 9.17) is 0 Å². The summed E-state index contributed by atoms with van der Waals surface area (Å²) in [6, 6.07) is 0. The third kappa shape index (κ3) is 6.35. The van der Waals surface area contributed by atoms with Gasteiger partial charge in [-0.1, -0.05) is 6.92 Å². The molecule has 0 aromatic carbocycles. The number of β-amino-alcohol motifs (C(OH)–C–C–N with tert-alkyl or cyclic N) is 1. The number of nitrogens with one attached hydrogen (secondary N) is 1. The average Bonchev–Trinajstić information content (AvgIpc) is 2.41. The van der Waals surface area contributed by atoms with Crippen LogP contribution in [0.2, 0.25) is 0 Å². The molecule has 1 rings (SSSR count). The summed E-state index contributed by atoms with van der Waals surface area (Å²) >= 11 is 0. The minimum Gasteiger partial charge on any atom is -0.390 e. The number of rotatable bonds is 6. The van der Waals surface area contributed by atoms with Crippen LogP contribution in [-0.4, -0.2) is 68.8 Å². The molecule has 102 valence electrons. The number of hydrogen-bond donors (Lipinski definition) is 2. The Morgan fingerprint density at radius 2 is 2.12 bits per heavy atom. The van der Waals surface area contributed by atoms with E-state index in [1.54, 1.807) is 0 Å². The monoisotopic (exact) mass is 264 g/mol. The van der Waals surface area contributed by atoms with E-state index in [-0.39, 0.29) is 11.5 Å². The van der Waals surface area contributed by atoms with E-state index in [0.717, 1.165) is 19.5 Å². The van der Waals surface area contributed by atoms with Crippen molar-refractivity contribution >= 4 is 9.84 Å². The maximum atomic E-state index is 11.4. The number of hydrogen-bond acceptors (Lipinski definition) is 5. The Morgan fingerprint density at radius 1 is 1.35 bits per heavy atom. The van der Waals surface area contributed by atoms with Crippen molar-refractivity contribution in [2.24, 2.45) is 0 Å². The molecular formula is C11H24N2O3S. The summed E-state index contributed by atoms with van der Waals surface area (Å²) in [5.41, 5.74) is 0. The van der Waals surface area contributed by atoms with Gasteiger partial charge in [0.15, 0.2) is 9.84 Å². The molecule has 1 unspecified atom stereocenters. The van der Waals surface area contributed by atoms with Crippen LogP contribution in [0, 0.1) is 0 Å². The molecule has 1 atom stereocenters. The molecule has 1 heterocycles. The van der Waals surface area contributed by atoms with Crippen molar-refractivity contribution in [2.45, 2.75) is 25.9 Å². The van der Waals surface area contributed by atoms with Gasteiger partial charge in [-0.3, -0.25) is 4.90 Å². The summed E-state index contributed by atoms with van der Waals surface area (Å²) in [4.78, 5) is 2.04. The highest BCUT2D eigenvalue weighted by atomic mass is 32.2. The summed E-state index contributed by atoms with van der Waals surface area (Å²) in [7, 11) is -2.85. The first kappa shape index (κ1) is 14.9. The molecule has 6 heteroatoms. The van der Waals surface area contributed by atoms with Crippen LogP contribution < -0.4 is 5.32 Å². The van der Waals surface area contributed by atoms with Crippen molar-refractivity contribution in [3.8, 4) is 0 Å². The number of aliphatic hydroxyl groups excluding tert-OH is 1. The summed E-state index contributed by atoms with van der Waals surface area (Å²) in [6.45, 7) is 5.45. The summed E-state index contributed by atoms with van der Waals surface area (Å²) in [5, 5.41) is 13.0. The highest BCUT2D eigenvalue weighted by Gasteiger charge is 2.20. The molecule has 0 saturated carbocycles. The Balaban J connectivity index is 2.26. The molecule has 1 aliphatic rings. The zero-order valence-electron chi connectivity index (χ0n) is 10.6. The second kappa shape index (κ2) is 7.31. The van der Waals surface area contributed by atoms with Crippen LogP contribution in [0.5, 0.6) is 0 Å². The smallest absolute Gasteiger partial charge is 0.151 e. The van der Waals surface area contributed by atoms with E-state index in [1.165, 1.54) is 0 Å². The van der Waals surface area contributed by atoms with Gasteiger partial charge in [0.1, 0.15) is 0 Å². The minimum atomic E-state index is -2.85. The molecule has 5 nitrogen and oxygen atoms in total. The number of nitrogens with zero attached hydrogens (tertiary/aromatic N) is 1. The van der Waals surface area contributed by atoms with Crippen LogP contribution in [-0.2, 0) is 9.84 Å². The van der Waals surface area contributed by atoms with E-state index >= 15 is 0 Å². The Hall–Kier alpha value is -0.170. The van der Waals surface area contributed by atoms with Gasteiger partial charge in [0, 0.05) is 19.6 Å². The molecule has 2 N–H and O–H groups in total. The van der Waals surface area contributed by atoms with Crippen molar-refractivity contribution < 1.29 is 13.5 Å². The molecule has 1 aliphatic heterocycles. The van der Waals surface area contributed by atoms with Crippen LogP contribution in [0.4, 0.5) is 0 Å². The second-order valence-electron chi connectivity index (χ2n) is 4.66. The fourth-order valence-electron chi connectivity index (χ4n) is 1.98. The van der Waals surface area contributed by atoms with Gasteiger partial charge in [-0.05, 0) is 25.9 Å². The van der Waals surface area contributed by atoms with Gasteiger partial charge < -0.3 is 10.4 Å². The molecule has 0 amide bonds. The fraction of sp³-hybridized carbons (Fsp3) is 1.00. The van der Waals surface area contributed by atoms with Crippen LogP contribution in [0.15, 0.2) is 0 Å². The highest BCUT2D eigenvalue weighted by molar-refractivity contribution is 7.91. The third-order valence-electron chi connectivity index (χ3n) is 2.92. The first-order valence-corrected chi connectivity index (χ1v) is 8.17. The lowest BCUT2D eigenvalue weighted by molar-refractivity contribution is 0.115. The summed E-state index contributed by atoms with van der Waals surface area (Å²) in [5.74, 6) is 0.510. The predicted octanol–water partition coefficient (Wildman–Crippen LogP) is -0.533. The van der Waals surface area contributed by atoms with Crippen LogP contribution in [0.3, 0.4) is 0 Å². The van der Waals surface area contributed by atoms with E-state index in [0.29, 0.717) is 26.1 Å². The van der Waals surface area contributed by atoms with Gasteiger partial charge in [0.05, 0.1) is 17.6 Å². The summed E-state index contributed by atoms with van der Waals surface area (Å²) in [6.07, 6.45) is 1.31. The Labute approximate surface area is 104 Å². The van der Waals surface area contributed by atoms with Crippen molar-refractivity contribution in [3.63, 3.8) is 0 Å². The maximum absolute atomic E-state index is 11.4. The quantitative estimate of drug-likeness (QED) is 0.631. The standard InChI is InChI=1S/C11H24N2O3S/c1-2-4-12-9-11(14)10-13-5-3-7-17(15,16)8-6-13/h11-12,14H,2-10H2,1H3. The lowest BCUT2D eigenvalue weighted by atomic mass is 10.3. The molecule has 17 heavy (non-hydrogen) atoms. The van der Waals surface area contributed by atoms with Crippen molar-refractivity contribution in [2.75, 3.05) is 44.2 Å². The average molecular weight is 264 g/mol. The molecule has 0 aromatic rings.